The second kappa shape index (κ2) is 7.49. The van der Waals surface area contributed by atoms with Gasteiger partial charge < -0.3 is 4.90 Å². The van der Waals surface area contributed by atoms with Crippen LogP contribution >= 0.6 is 11.6 Å². The lowest BCUT2D eigenvalue weighted by Gasteiger charge is -2.51. The van der Waals surface area contributed by atoms with Crippen LogP contribution in [0.25, 0.3) is 0 Å². The van der Waals surface area contributed by atoms with Gasteiger partial charge >= 0.3 is 0 Å². The molecule has 0 heterocycles. The maximum atomic E-state index is 8.96. The SMILES string of the molecule is CC(C#N)CCCC(N(C)C)C1(c2ccc(Cl)cc2)CCC1. The van der Waals surface area contributed by atoms with Crippen LogP contribution in [0, 0.1) is 17.2 Å². The lowest BCUT2D eigenvalue weighted by Crippen LogP contribution is -2.52. The zero-order valence-corrected chi connectivity index (χ0v) is 14.7. The highest BCUT2D eigenvalue weighted by Crippen LogP contribution is 2.49. The molecule has 22 heavy (non-hydrogen) atoms. The maximum Gasteiger partial charge on any atom is 0.0652 e. The van der Waals surface area contributed by atoms with Crippen LogP contribution in [0.1, 0.15) is 51.0 Å². The Labute approximate surface area is 140 Å². The number of halogens is 1. The molecule has 2 atom stereocenters. The van der Waals surface area contributed by atoms with E-state index in [1.807, 2.05) is 19.1 Å². The monoisotopic (exact) mass is 318 g/mol. The van der Waals surface area contributed by atoms with Crippen LogP contribution in [0.5, 0.6) is 0 Å². The molecule has 0 N–H and O–H groups in total. The number of rotatable bonds is 7. The molecule has 1 aromatic rings. The third-order valence-electron chi connectivity index (χ3n) is 5.26. The summed E-state index contributed by atoms with van der Waals surface area (Å²) in [5.41, 5.74) is 1.69. The van der Waals surface area contributed by atoms with Crippen LogP contribution in [0.3, 0.4) is 0 Å². The molecule has 2 rings (SSSR count). The molecule has 1 aromatic carbocycles. The Morgan fingerprint density at radius 3 is 2.32 bits per heavy atom. The first-order valence-electron chi connectivity index (χ1n) is 8.31. The fourth-order valence-electron chi connectivity index (χ4n) is 3.86. The van der Waals surface area contributed by atoms with Crippen LogP contribution in [0.15, 0.2) is 24.3 Å². The van der Waals surface area contributed by atoms with Gasteiger partial charge in [-0.25, -0.2) is 0 Å². The summed E-state index contributed by atoms with van der Waals surface area (Å²) in [6.45, 7) is 2.02. The van der Waals surface area contributed by atoms with Crippen molar-refractivity contribution in [2.24, 2.45) is 5.92 Å². The molecule has 0 aromatic heterocycles. The molecule has 1 fully saturated rings. The summed E-state index contributed by atoms with van der Waals surface area (Å²) < 4.78 is 0. The Morgan fingerprint density at radius 1 is 1.23 bits per heavy atom. The van der Waals surface area contributed by atoms with Crippen LogP contribution < -0.4 is 0 Å². The molecule has 2 nitrogen and oxygen atoms in total. The van der Waals surface area contributed by atoms with E-state index in [2.05, 4.69) is 37.2 Å². The number of likely N-dealkylation sites (N-methyl/N-ethyl adjacent to an activating group) is 1. The van der Waals surface area contributed by atoms with Gasteiger partial charge in [-0.05, 0) is 64.4 Å². The van der Waals surface area contributed by atoms with Gasteiger partial charge in [0.2, 0.25) is 0 Å². The number of nitriles is 1. The molecule has 2 unspecified atom stereocenters. The molecule has 0 amide bonds. The highest BCUT2D eigenvalue weighted by atomic mass is 35.5. The van der Waals surface area contributed by atoms with E-state index in [9.17, 15) is 0 Å². The van der Waals surface area contributed by atoms with E-state index in [4.69, 9.17) is 16.9 Å². The largest absolute Gasteiger partial charge is 0.306 e. The first-order chi connectivity index (χ1) is 10.5. The van der Waals surface area contributed by atoms with Gasteiger partial charge in [0.05, 0.1) is 6.07 Å². The molecule has 0 bridgehead atoms. The fraction of sp³-hybridized carbons (Fsp3) is 0.632. The highest BCUT2D eigenvalue weighted by molar-refractivity contribution is 6.30. The molecule has 0 aliphatic heterocycles. The molecule has 0 spiro atoms. The van der Waals surface area contributed by atoms with E-state index in [1.165, 1.54) is 24.8 Å². The minimum Gasteiger partial charge on any atom is -0.306 e. The van der Waals surface area contributed by atoms with Gasteiger partial charge in [0, 0.05) is 22.4 Å². The molecule has 0 radical (unpaired) electrons. The van der Waals surface area contributed by atoms with Crippen molar-refractivity contribution in [1.29, 1.82) is 5.26 Å². The summed E-state index contributed by atoms with van der Waals surface area (Å²) in [5, 5.41) is 9.77. The molecular formula is C19H27ClN2. The highest BCUT2D eigenvalue weighted by Gasteiger charge is 2.45. The Morgan fingerprint density at radius 2 is 1.86 bits per heavy atom. The fourth-order valence-corrected chi connectivity index (χ4v) is 3.99. The molecule has 1 aliphatic carbocycles. The predicted octanol–water partition coefficient (Wildman–Crippen LogP) is 5.02. The van der Waals surface area contributed by atoms with Crippen molar-refractivity contribution < 1.29 is 0 Å². The third-order valence-corrected chi connectivity index (χ3v) is 5.51. The van der Waals surface area contributed by atoms with E-state index in [-0.39, 0.29) is 11.3 Å². The van der Waals surface area contributed by atoms with Crippen LogP contribution in [-0.4, -0.2) is 25.0 Å². The Hall–Kier alpha value is -1.04. The van der Waals surface area contributed by atoms with E-state index in [0.717, 1.165) is 24.3 Å². The van der Waals surface area contributed by atoms with Gasteiger partial charge in [-0.2, -0.15) is 5.26 Å². The first-order valence-corrected chi connectivity index (χ1v) is 8.69. The summed E-state index contributed by atoms with van der Waals surface area (Å²) in [6, 6.07) is 11.3. The third kappa shape index (κ3) is 3.65. The zero-order chi connectivity index (χ0) is 16.2. The summed E-state index contributed by atoms with van der Waals surface area (Å²) in [7, 11) is 4.38. The van der Waals surface area contributed by atoms with Crippen molar-refractivity contribution in [1.82, 2.24) is 4.90 Å². The molecule has 1 aliphatic rings. The Kier molecular flexibility index (Phi) is 5.89. The van der Waals surface area contributed by atoms with Crippen molar-refractivity contribution in [2.75, 3.05) is 14.1 Å². The summed E-state index contributed by atoms with van der Waals surface area (Å²) >= 11 is 6.06. The molecule has 1 saturated carbocycles. The Balaban J connectivity index is 2.14. The average molecular weight is 319 g/mol. The second-order valence-electron chi connectivity index (χ2n) is 6.96. The molecule has 3 heteroatoms. The smallest absolute Gasteiger partial charge is 0.0652 e. The maximum absolute atomic E-state index is 8.96. The number of nitrogens with zero attached hydrogens (tertiary/aromatic N) is 2. The lowest BCUT2D eigenvalue weighted by atomic mass is 9.59. The van der Waals surface area contributed by atoms with Gasteiger partial charge in [-0.3, -0.25) is 0 Å². The second-order valence-corrected chi connectivity index (χ2v) is 7.39. The lowest BCUT2D eigenvalue weighted by molar-refractivity contribution is 0.0876. The van der Waals surface area contributed by atoms with Crippen molar-refractivity contribution in [3.05, 3.63) is 34.9 Å². The van der Waals surface area contributed by atoms with Crippen molar-refractivity contribution in [3.8, 4) is 6.07 Å². The molecule has 120 valence electrons. The van der Waals surface area contributed by atoms with E-state index >= 15 is 0 Å². The van der Waals surface area contributed by atoms with Gasteiger partial charge in [0.15, 0.2) is 0 Å². The first kappa shape index (κ1) is 17.3. The van der Waals surface area contributed by atoms with Crippen molar-refractivity contribution >= 4 is 11.6 Å². The normalized spacial score (nSPS) is 19.3. The Bertz CT molecular complexity index is 511. The molecule has 0 saturated heterocycles. The van der Waals surface area contributed by atoms with E-state index in [1.54, 1.807) is 0 Å². The minimum absolute atomic E-state index is 0.163. The summed E-state index contributed by atoms with van der Waals surface area (Å²) in [4.78, 5) is 2.38. The van der Waals surface area contributed by atoms with Crippen LogP contribution in [0.2, 0.25) is 5.02 Å². The van der Waals surface area contributed by atoms with E-state index in [0.29, 0.717) is 6.04 Å². The average Bonchev–Trinajstić information content (AvgIpc) is 2.45. The predicted molar refractivity (Wildman–Crippen MR) is 93.1 cm³/mol. The minimum atomic E-state index is 0.163. The van der Waals surface area contributed by atoms with Gasteiger partial charge in [-0.15, -0.1) is 0 Å². The van der Waals surface area contributed by atoms with Gasteiger partial charge in [0.1, 0.15) is 0 Å². The topological polar surface area (TPSA) is 27.0 Å². The van der Waals surface area contributed by atoms with Crippen molar-refractivity contribution in [2.45, 2.75) is 56.9 Å². The number of benzene rings is 1. The zero-order valence-electron chi connectivity index (χ0n) is 14.0. The van der Waals surface area contributed by atoms with E-state index < -0.39 is 0 Å². The van der Waals surface area contributed by atoms with Gasteiger partial charge in [0.25, 0.3) is 0 Å². The van der Waals surface area contributed by atoms with Crippen molar-refractivity contribution in [3.63, 3.8) is 0 Å². The summed E-state index contributed by atoms with van der Waals surface area (Å²) in [6.07, 6.45) is 7.09. The molecular weight excluding hydrogens is 292 g/mol. The number of hydrogen-bond acceptors (Lipinski definition) is 2. The van der Waals surface area contributed by atoms with Gasteiger partial charge in [-0.1, -0.05) is 36.6 Å². The van der Waals surface area contributed by atoms with Crippen LogP contribution in [0.4, 0.5) is 0 Å². The standard InChI is InChI=1S/C19H27ClN2/c1-15(14-21)6-4-7-18(22(2)3)19(12-5-13-19)16-8-10-17(20)11-9-16/h8-11,15,18H,4-7,12-13H2,1-3H3. The van der Waals surface area contributed by atoms with Crippen LogP contribution in [-0.2, 0) is 5.41 Å². The quantitative estimate of drug-likeness (QED) is 0.705. The summed E-state index contributed by atoms with van der Waals surface area (Å²) in [5.74, 6) is 0.163. The number of hydrogen-bond donors (Lipinski definition) is 0.